The maximum absolute atomic E-state index is 6.12. The lowest BCUT2D eigenvalue weighted by Gasteiger charge is -2.11. The highest BCUT2D eigenvalue weighted by Crippen LogP contribution is 2.36. The largest absolute Gasteiger partial charge is 0.436 e. The molecule has 46 heavy (non-hydrogen) atoms. The third-order valence-electron chi connectivity index (χ3n) is 8.28. The molecule has 0 fully saturated rings. The van der Waals surface area contributed by atoms with Crippen molar-refractivity contribution >= 4 is 32.9 Å². The van der Waals surface area contributed by atoms with Crippen LogP contribution in [-0.2, 0) is 0 Å². The van der Waals surface area contributed by atoms with Gasteiger partial charge in [-0.2, -0.15) is 0 Å². The predicted octanol–water partition coefficient (Wildman–Crippen LogP) is 9.78. The van der Waals surface area contributed by atoms with Gasteiger partial charge in [-0.3, -0.25) is 0 Å². The molecule has 0 N–H and O–H groups in total. The zero-order chi connectivity index (χ0) is 30.5. The standard InChI is InChI=1S/C40H25N5O/c1-3-12-26(13-4-1)37-42-38(27-14-5-2-6-15-27)44-39(43-37)28-16-11-17-30(24-28)45-34-20-9-7-18-31(34)32-25-29(22-23-35(32)45)40-41-33-19-8-10-21-36(33)46-40/h1-25H. The van der Waals surface area contributed by atoms with Gasteiger partial charge in [0.2, 0.25) is 5.89 Å². The molecule has 0 aliphatic rings. The second-order valence-electron chi connectivity index (χ2n) is 11.2. The zero-order valence-electron chi connectivity index (χ0n) is 24.6. The van der Waals surface area contributed by atoms with Gasteiger partial charge < -0.3 is 8.98 Å². The third kappa shape index (κ3) is 4.43. The second kappa shape index (κ2) is 10.6. The Bertz CT molecular complexity index is 2440. The van der Waals surface area contributed by atoms with E-state index in [1.54, 1.807) is 0 Å². The van der Waals surface area contributed by atoms with E-state index in [1.165, 1.54) is 0 Å². The third-order valence-corrected chi connectivity index (χ3v) is 8.28. The van der Waals surface area contributed by atoms with E-state index in [-0.39, 0.29) is 0 Å². The summed E-state index contributed by atoms with van der Waals surface area (Å²) in [6.07, 6.45) is 0. The fourth-order valence-corrected chi connectivity index (χ4v) is 6.10. The Hall–Kier alpha value is -6.40. The smallest absolute Gasteiger partial charge is 0.227 e. The lowest BCUT2D eigenvalue weighted by molar-refractivity contribution is 0.620. The minimum absolute atomic E-state index is 0.611. The summed E-state index contributed by atoms with van der Waals surface area (Å²) >= 11 is 0. The summed E-state index contributed by atoms with van der Waals surface area (Å²) in [4.78, 5) is 19.5. The van der Waals surface area contributed by atoms with Gasteiger partial charge in [0.25, 0.3) is 0 Å². The van der Waals surface area contributed by atoms with Crippen LogP contribution < -0.4 is 0 Å². The molecule has 9 aromatic rings. The Morgan fingerprint density at radius 3 is 1.76 bits per heavy atom. The fourth-order valence-electron chi connectivity index (χ4n) is 6.10. The summed E-state index contributed by atoms with van der Waals surface area (Å²) in [6, 6.07) is 51.2. The lowest BCUT2D eigenvalue weighted by atomic mass is 10.1. The molecule has 0 atom stereocenters. The van der Waals surface area contributed by atoms with Crippen molar-refractivity contribution in [1.29, 1.82) is 0 Å². The topological polar surface area (TPSA) is 69.6 Å². The number of hydrogen-bond acceptors (Lipinski definition) is 5. The van der Waals surface area contributed by atoms with Gasteiger partial charge in [-0.1, -0.05) is 103 Å². The number of benzene rings is 6. The van der Waals surface area contributed by atoms with Gasteiger partial charge in [0.05, 0.1) is 11.0 Å². The highest BCUT2D eigenvalue weighted by Gasteiger charge is 2.17. The van der Waals surface area contributed by atoms with Crippen LogP contribution in [0.1, 0.15) is 0 Å². The monoisotopic (exact) mass is 591 g/mol. The molecule has 0 saturated carbocycles. The molecule has 6 nitrogen and oxygen atoms in total. The molecule has 3 aromatic heterocycles. The first-order valence-corrected chi connectivity index (χ1v) is 15.2. The van der Waals surface area contributed by atoms with Gasteiger partial charge in [-0.15, -0.1) is 0 Å². The quantitative estimate of drug-likeness (QED) is 0.199. The molecule has 6 aromatic carbocycles. The molecule has 0 bridgehead atoms. The molecule has 0 amide bonds. The van der Waals surface area contributed by atoms with Crippen LogP contribution >= 0.6 is 0 Å². The van der Waals surface area contributed by atoms with Crippen LogP contribution in [-0.4, -0.2) is 24.5 Å². The highest BCUT2D eigenvalue weighted by atomic mass is 16.3. The average molecular weight is 592 g/mol. The first kappa shape index (κ1) is 26.0. The van der Waals surface area contributed by atoms with E-state index in [2.05, 4.69) is 71.3 Å². The molecule has 6 heteroatoms. The van der Waals surface area contributed by atoms with Gasteiger partial charge in [0, 0.05) is 38.7 Å². The van der Waals surface area contributed by atoms with Crippen LogP contribution in [0.4, 0.5) is 0 Å². The summed E-state index contributed by atoms with van der Waals surface area (Å²) in [5, 5.41) is 2.28. The van der Waals surface area contributed by atoms with E-state index in [4.69, 9.17) is 24.4 Å². The summed E-state index contributed by atoms with van der Waals surface area (Å²) < 4.78 is 8.41. The molecule has 0 aliphatic carbocycles. The van der Waals surface area contributed by atoms with Gasteiger partial charge >= 0.3 is 0 Å². The number of hydrogen-bond donors (Lipinski definition) is 0. The Morgan fingerprint density at radius 1 is 0.413 bits per heavy atom. The van der Waals surface area contributed by atoms with Crippen molar-refractivity contribution < 1.29 is 4.42 Å². The molecular weight excluding hydrogens is 566 g/mol. The molecule has 0 spiro atoms. The maximum Gasteiger partial charge on any atom is 0.227 e. The number of nitrogens with zero attached hydrogens (tertiary/aromatic N) is 5. The minimum Gasteiger partial charge on any atom is -0.436 e. The van der Waals surface area contributed by atoms with Gasteiger partial charge in [0.15, 0.2) is 23.1 Å². The number of rotatable bonds is 5. The van der Waals surface area contributed by atoms with E-state index in [9.17, 15) is 0 Å². The lowest BCUT2D eigenvalue weighted by Crippen LogP contribution is -2.01. The Balaban J connectivity index is 1.20. The zero-order valence-corrected chi connectivity index (χ0v) is 24.6. The molecule has 0 radical (unpaired) electrons. The predicted molar refractivity (Wildman–Crippen MR) is 183 cm³/mol. The van der Waals surface area contributed by atoms with Crippen molar-refractivity contribution in [2.45, 2.75) is 0 Å². The van der Waals surface area contributed by atoms with Crippen molar-refractivity contribution in [2.75, 3.05) is 0 Å². The molecule has 3 heterocycles. The second-order valence-corrected chi connectivity index (χ2v) is 11.2. The van der Waals surface area contributed by atoms with Crippen molar-refractivity contribution in [2.24, 2.45) is 0 Å². The van der Waals surface area contributed by atoms with E-state index in [0.29, 0.717) is 23.4 Å². The summed E-state index contributed by atoms with van der Waals surface area (Å²) in [7, 11) is 0. The fraction of sp³-hybridized carbons (Fsp3) is 0. The molecule has 9 rings (SSSR count). The Morgan fingerprint density at radius 2 is 1.02 bits per heavy atom. The van der Waals surface area contributed by atoms with E-state index < -0.39 is 0 Å². The summed E-state index contributed by atoms with van der Waals surface area (Å²) in [5.74, 6) is 2.51. The van der Waals surface area contributed by atoms with E-state index in [1.807, 2.05) is 84.9 Å². The first-order chi connectivity index (χ1) is 22.8. The van der Waals surface area contributed by atoms with Crippen molar-refractivity contribution in [3.63, 3.8) is 0 Å². The number of fused-ring (bicyclic) bond motifs is 4. The normalized spacial score (nSPS) is 11.5. The summed E-state index contributed by atoms with van der Waals surface area (Å²) in [5.41, 5.74) is 8.56. The van der Waals surface area contributed by atoms with Gasteiger partial charge in [-0.05, 0) is 48.5 Å². The first-order valence-electron chi connectivity index (χ1n) is 15.2. The van der Waals surface area contributed by atoms with E-state index >= 15 is 0 Å². The van der Waals surface area contributed by atoms with Gasteiger partial charge in [-0.25, -0.2) is 19.9 Å². The van der Waals surface area contributed by atoms with Crippen LogP contribution in [0.15, 0.2) is 156 Å². The van der Waals surface area contributed by atoms with Crippen LogP contribution in [0.3, 0.4) is 0 Å². The van der Waals surface area contributed by atoms with Gasteiger partial charge in [0.1, 0.15) is 5.52 Å². The van der Waals surface area contributed by atoms with Crippen molar-refractivity contribution in [3.8, 4) is 51.3 Å². The maximum atomic E-state index is 6.12. The molecule has 216 valence electrons. The molecule has 0 unspecified atom stereocenters. The number of oxazole rings is 1. The van der Waals surface area contributed by atoms with Crippen LogP contribution in [0, 0.1) is 0 Å². The highest BCUT2D eigenvalue weighted by molar-refractivity contribution is 6.10. The summed E-state index contributed by atoms with van der Waals surface area (Å²) in [6.45, 7) is 0. The van der Waals surface area contributed by atoms with Crippen molar-refractivity contribution in [3.05, 3.63) is 152 Å². The SMILES string of the molecule is c1ccc(-c2nc(-c3ccccc3)nc(-c3cccc(-n4c5ccccc5c5cc(-c6nc7ccccc7o6)ccc54)c3)n2)cc1. The Kier molecular flexibility index (Phi) is 6.03. The van der Waals surface area contributed by atoms with Crippen molar-refractivity contribution in [1.82, 2.24) is 24.5 Å². The number of aromatic nitrogens is 5. The molecule has 0 saturated heterocycles. The number of para-hydroxylation sites is 3. The minimum atomic E-state index is 0.611. The van der Waals surface area contributed by atoms with Crippen LogP contribution in [0.2, 0.25) is 0 Å². The molecule has 0 aliphatic heterocycles. The Labute approximate surface area is 264 Å². The van der Waals surface area contributed by atoms with E-state index in [0.717, 1.165) is 60.8 Å². The van der Waals surface area contributed by atoms with Crippen LogP contribution in [0.25, 0.3) is 84.2 Å². The molecular formula is C40H25N5O. The van der Waals surface area contributed by atoms with Crippen LogP contribution in [0.5, 0.6) is 0 Å². The average Bonchev–Trinajstić information content (AvgIpc) is 3.72.